The first-order chi connectivity index (χ1) is 21.7. The molecule has 0 radical (unpaired) electrons. The van der Waals surface area contributed by atoms with Gasteiger partial charge in [-0.25, -0.2) is 0 Å². The molecule has 0 unspecified atom stereocenters. The minimum absolute atomic E-state index is 0.0189. The minimum Gasteiger partial charge on any atom is -0.399 e. The van der Waals surface area contributed by atoms with Crippen LogP contribution in [-0.2, 0) is 25.6 Å². The van der Waals surface area contributed by atoms with Crippen LogP contribution < -0.4 is 22.1 Å². The van der Waals surface area contributed by atoms with Crippen LogP contribution >= 0.6 is 0 Å². The van der Waals surface area contributed by atoms with E-state index in [-0.39, 0.29) is 36.0 Å². The van der Waals surface area contributed by atoms with Crippen molar-refractivity contribution >= 4 is 29.3 Å². The van der Waals surface area contributed by atoms with Crippen molar-refractivity contribution in [2.24, 2.45) is 5.73 Å². The molecule has 10 nitrogen and oxygen atoms in total. The number of nitrogens with one attached hydrogen (secondary N) is 2. The first kappa shape index (κ1) is 31.7. The van der Waals surface area contributed by atoms with Crippen LogP contribution in [0.4, 0.5) is 5.69 Å². The SMILES string of the molecule is CNC(=O)[C@@H]1C[C@H](c2ccccc2)CN1C(=O)[C@@H]1C[C@H](c2ccccc2)CN1C(=O)[C@H](Cc1cccc(N)c1)NC(=O)[C@H](C)N. The van der Waals surface area contributed by atoms with Gasteiger partial charge in [-0.1, -0.05) is 72.8 Å². The molecule has 0 spiro atoms. The monoisotopic (exact) mass is 610 g/mol. The Morgan fingerprint density at radius 3 is 1.96 bits per heavy atom. The Bertz CT molecular complexity index is 1510. The fraction of sp³-hybridized carbons (Fsp3) is 0.371. The largest absolute Gasteiger partial charge is 0.399 e. The molecule has 2 saturated heterocycles. The van der Waals surface area contributed by atoms with E-state index < -0.39 is 30.1 Å². The maximum Gasteiger partial charge on any atom is 0.246 e. The number of likely N-dealkylation sites (N-methyl/N-ethyl adjacent to an activating group) is 1. The Kier molecular flexibility index (Phi) is 9.83. The van der Waals surface area contributed by atoms with Gasteiger partial charge in [0.15, 0.2) is 0 Å². The van der Waals surface area contributed by atoms with E-state index in [9.17, 15) is 19.2 Å². The molecular formula is C35H42N6O4. The van der Waals surface area contributed by atoms with Crippen LogP contribution in [0.2, 0.25) is 0 Å². The summed E-state index contributed by atoms with van der Waals surface area (Å²) in [6.45, 7) is 2.21. The van der Waals surface area contributed by atoms with Crippen LogP contribution in [0, 0.1) is 0 Å². The lowest BCUT2D eigenvalue weighted by Crippen LogP contribution is -2.57. The molecule has 2 aliphatic rings. The average Bonchev–Trinajstić information content (AvgIpc) is 3.70. The lowest BCUT2D eigenvalue weighted by Gasteiger charge is -2.33. The van der Waals surface area contributed by atoms with Gasteiger partial charge in [0, 0.05) is 44.1 Å². The summed E-state index contributed by atoms with van der Waals surface area (Å²) in [5, 5.41) is 5.55. The Balaban J connectivity index is 1.48. The molecule has 0 bridgehead atoms. The highest BCUT2D eigenvalue weighted by atomic mass is 16.2. The van der Waals surface area contributed by atoms with Gasteiger partial charge >= 0.3 is 0 Å². The van der Waals surface area contributed by atoms with Gasteiger partial charge in [-0.05, 0) is 48.6 Å². The Hall–Kier alpha value is -4.70. The van der Waals surface area contributed by atoms with E-state index in [0.29, 0.717) is 31.6 Å². The highest BCUT2D eigenvalue weighted by Crippen LogP contribution is 2.37. The molecule has 2 aliphatic heterocycles. The first-order valence-electron chi connectivity index (χ1n) is 15.5. The minimum atomic E-state index is -0.972. The van der Waals surface area contributed by atoms with Gasteiger partial charge < -0.3 is 31.9 Å². The number of benzene rings is 3. The second-order valence-electron chi connectivity index (χ2n) is 12.1. The molecule has 2 fully saturated rings. The van der Waals surface area contributed by atoms with E-state index in [1.165, 1.54) is 0 Å². The van der Waals surface area contributed by atoms with Crippen LogP contribution in [0.5, 0.6) is 0 Å². The Labute approximate surface area is 264 Å². The van der Waals surface area contributed by atoms with Crippen LogP contribution in [0.25, 0.3) is 0 Å². The summed E-state index contributed by atoms with van der Waals surface area (Å²) in [7, 11) is 1.57. The van der Waals surface area contributed by atoms with E-state index in [4.69, 9.17) is 11.5 Å². The Morgan fingerprint density at radius 1 is 0.822 bits per heavy atom. The Morgan fingerprint density at radius 2 is 1.40 bits per heavy atom. The number of nitrogens with zero attached hydrogens (tertiary/aromatic N) is 2. The van der Waals surface area contributed by atoms with Gasteiger partial charge in [0.2, 0.25) is 23.6 Å². The number of anilines is 1. The van der Waals surface area contributed by atoms with Crippen molar-refractivity contribution in [1.82, 2.24) is 20.4 Å². The normalized spacial score (nSPS) is 22.5. The molecule has 6 atom stereocenters. The molecule has 4 amide bonds. The van der Waals surface area contributed by atoms with Crippen molar-refractivity contribution < 1.29 is 19.2 Å². The molecule has 3 aromatic rings. The summed E-state index contributed by atoms with van der Waals surface area (Å²) in [6.07, 6.45) is 1.06. The molecule has 6 N–H and O–H groups in total. The number of likely N-dealkylation sites (tertiary alicyclic amines) is 2. The molecule has 0 saturated carbocycles. The summed E-state index contributed by atoms with van der Waals surface area (Å²) in [4.78, 5) is 58.1. The van der Waals surface area contributed by atoms with Crippen molar-refractivity contribution in [3.63, 3.8) is 0 Å². The highest BCUT2D eigenvalue weighted by Gasteiger charge is 2.48. The average molecular weight is 611 g/mol. The van der Waals surface area contributed by atoms with E-state index in [1.54, 1.807) is 42.0 Å². The molecule has 236 valence electrons. The quantitative estimate of drug-likeness (QED) is 0.273. The van der Waals surface area contributed by atoms with Gasteiger partial charge in [-0.3, -0.25) is 19.2 Å². The van der Waals surface area contributed by atoms with Crippen LogP contribution in [0.15, 0.2) is 84.9 Å². The van der Waals surface area contributed by atoms with Gasteiger partial charge in [0.05, 0.1) is 6.04 Å². The van der Waals surface area contributed by atoms with Gasteiger partial charge in [-0.15, -0.1) is 0 Å². The molecule has 0 aromatic heterocycles. The maximum atomic E-state index is 14.5. The summed E-state index contributed by atoms with van der Waals surface area (Å²) in [6, 6.07) is 23.5. The topological polar surface area (TPSA) is 151 Å². The smallest absolute Gasteiger partial charge is 0.246 e. The molecule has 2 heterocycles. The van der Waals surface area contributed by atoms with E-state index in [2.05, 4.69) is 10.6 Å². The maximum absolute atomic E-state index is 14.5. The zero-order chi connectivity index (χ0) is 32.1. The summed E-state index contributed by atoms with van der Waals surface area (Å²) >= 11 is 0. The highest BCUT2D eigenvalue weighted by molar-refractivity contribution is 5.96. The predicted molar refractivity (Wildman–Crippen MR) is 173 cm³/mol. The molecule has 0 aliphatic carbocycles. The zero-order valence-electron chi connectivity index (χ0n) is 25.8. The van der Waals surface area contributed by atoms with Crippen molar-refractivity contribution in [2.75, 3.05) is 25.9 Å². The van der Waals surface area contributed by atoms with E-state index in [1.807, 2.05) is 66.7 Å². The fourth-order valence-corrected chi connectivity index (χ4v) is 6.59. The van der Waals surface area contributed by atoms with Crippen molar-refractivity contribution in [3.05, 3.63) is 102 Å². The van der Waals surface area contributed by atoms with Gasteiger partial charge in [0.1, 0.15) is 18.1 Å². The third-order valence-electron chi connectivity index (χ3n) is 8.96. The fourth-order valence-electron chi connectivity index (χ4n) is 6.59. The summed E-state index contributed by atoms with van der Waals surface area (Å²) < 4.78 is 0. The lowest BCUT2D eigenvalue weighted by atomic mass is 9.96. The predicted octanol–water partition coefficient (Wildman–Crippen LogP) is 2.16. The number of carbonyl (C=O) groups excluding carboxylic acids is 4. The molecule has 45 heavy (non-hydrogen) atoms. The van der Waals surface area contributed by atoms with Gasteiger partial charge in [0.25, 0.3) is 0 Å². The second kappa shape index (κ2) is 13.9. The van der Waals surface area contributed by atoms with Crippen LogP contribution in [0.1, 0.15) is 48.3 Å². The number of amides is 4. The molecule has 3 aromatic carbocycles. The first-order valence-corrected chi connectivity index (χ1v) is 15.5. The van der Waals surface area contributed by atoms with Crippen molar-refractivity contribution in [1.29, 1.82) is 0 Å². The molecule has 5 rings (SSSR count). The summed E-state index contributed by atoms with van der Waals surface area (Å²) in [5.74, 6) is -1.47. The molecular weight excluding hydrogens is 568 g/mol. The van der Waals surface area contributed by atoms with E-state index >= 15 is 0 Å². The lowest BCUT2D eigenvalue weighted by molar-refractivity contribution is -0.147. The third kappa shape index (κ3) is 7.17. The van der Waals surface area contributed by atoms with E-state index in [0.717, 1.165) is 16.7 Å². The third-order valence-corrected chi connectivity index (χ3v) is 8.96. The molecule has 10 heteroatoms. The number of carbonyl (C=O) groups is 4. The zero-order valence-corrected chi connectivity index (χ0v) is 25.8. The van der Waals surface area contributed by atoms with Gasteiger partial charge in [-0.2, -0.15) is 0 Å². The van der Waals surface area contributed by atoms with Crippen molar-refractivity contribution in [2.45, 2.75) is 62.2 Å². The second-order valence-corrected chi connectivity index (χ2v) is 12.1. The number of hydrogen-bond acceptors (Lipinski definition) is 6. The number of nitrogen functional groups attached to an aromatic ring is 1. The van der Waals surface area contributed by atoms with Crippen LogP contribution in [0.3, 0.4) is 0 Å². The summed E-state index contributed by atoms with van der Waals surface area (Å²) in [5.41, 5.74) is 15.3. The number of rotatable bonds is 9. The standard InChI is InChI=1S/C35H42N6O4/c1-22(36)32(42)39-29(17-23-10-9-15-28(37)16-23)34(44)41-21-27(25-13-7-4-8-14-25)19-31(41)35(45)40-20-26(18-30(40)33(43)38-2)24-11-5-3-6-12-24/h3-16,22,26-27,29-31H,17-21,36-37H2,1-2H3,(H,38,43)(H,39,42)/t22-,26-,27-,29-,30-,31-/m0/s1. The van der Waals surface area contributed by atoms with Crippen molar-refractivity contribution in [3.8, 4) is 0 Å². The number of hydrogen-bond donors (Lipinski definition) is 4. The number of nitrogens with two attached hydrogens (primary N) is 2. The van der Waals surface area contributed by atoms with Crippen LogP contribution in [-0.4, -0.2) is 77.7 Å².